The van der Waals surface area contributed by atoms with Crippen molar-refractivity contribution in [3.05, 3.63) is 35.4 Å². The first-order valence-electron chi connectivity index (χ1n) is 6.42. The topological polar surface area (TPSA) is 55.8 Å². The van der Waals surface area contributed by atoms with Crippen molar-refractivity contribution in [1.82, 2.24) is 4.90 Å². The summed E-state index contributed by atoms with van der Waals surface area (Å²) in [5, 5.41) is 0. The van der Waals surface area contributed by atoms with Gasteiger partial charge in [-0.1, -0.05) is 24.3 Å². The van der Waals surface area contributed by atoms with E-state index in [0.717, 1.165) is 17.5 Å². The minimum Gasteiger partial charge on any atom is -0.464 e. The highest BCUT2D eigenvalue weighted by Gasteiger charge is 2.46. The van der Waals surface area contributed by atoms with E-state index in [4.69, 9.17) is 9.47 Å². The second-order valence-electron chi connectivity index (χ2n) is 4.70. The molecule has 1 amide bonds. The number of nitrogens with zero attached hydrogens (tertiary/aromatic N) is 1. The van der Waals surface area contributed by atoms with Gasteiger partial charge in [-0.3, -0.25) is 4.90 Å². The van der Waals surface area contributed by atoms with Crippen molar-refractivity contribution in [1.29, 1.82) is 0 Å². The van der Waals surface area contributed by atoms with Crippen LogP contribution in [0.3, 0.4) is 0 Å². The van der Waals surface area contributed by atoms with Gasteiger partial charge < -0.3 is 9.47 Å². The lowest BCUT2D eigenvalue weighted by Gasteiger charge is -2.35. The number of fused-ring (bicyclic) bond motifs is 2. The van der Waals surface area contributed by atoms with Gasteiger partial charge in [0.05, 0.1) is 12.6 Å². The number of hydrogen-bond donors (Lipinski definition) is 0. The van der Waals surface area contributed by atoms with Crippen molar-refractivity contribution in [2.24, 2.45) is 0 Å². The van der Waals surface area contributed by atoms with Gasteiger partial charge in [0.25, 0.3) is 0 Å². The number of carbonyl (C=O) groups is 2. The molecule has 3 rings (SSSR count). The molecule has 5 nitrogen and oxygen atoms in total. The van der Waals surface area contributed by atoms with E-state index >= 15 is 0 Å². The number of ether oxygens (including phenoxy) is 2. The predicted octanol–water partition coefficient (Wildman–Crippen LogP) is 1.67. The lowest BCUT2D eigenvalue weighted by atomic mass is 9.89. The molecular formula is C14H15NO4. The number of hydrogen-bond acceptors (Lipinski definition) is 4. The van der Waals surface area contributed by atoms with E-state index in [-0.39, 0.29) is 6.04 Å². The van der Waals surface area contributed by atoms with Crippen LogP contribution in [0, 0.1) is 0 Å². The molecule has 1 fully saturated rings. The van der Waals surface area contributed by atoms with Crippen LogP contribution in [0.15, 0.2) is 24.3 Å². The number of rotatable bonds is 2. The van der Waals surface area contributed by atoms with Gasteiger partial charge in [0.2, 0.25) is 0 Å². The molecule has 5 heteroatoms. The Morgan fingerprint density at radius 2 is 2.26 bits per heavy atom. The maximum Gasteiger partial charge on any atom is 0.411 e. The standard InChI is InChI=1S/C14H15NO4/c1-2-18-13(16)12-11-6-4-3-5-9(11)7-10-8-19-14(17)15(10)12/h3-6,10,12H,2,7-8H2,1H3/t10-,12+/m0/s1. The lowest BCUT2D eigenvalue weighted by molar-refractivity contribution is -0.149. The zero-order valence-corrected chi connectivity index (χ0v) is 10.7. The van der Waals surface area contributed by atoms with E-state index in [1.54, 1.807) is 6.92 Å². The van der Waals surface area contributed by atoms with E-state index in [9.17, 15) is 9.59 Å². The highest BCUT2D eigenvalue weighted by atomic mass is 16.6. The largest absolute Gasteiger partial charge is 0.464 e. The van der Waals surface area contributed by atoms with Gasteiger partial charge in [0.1, 0.15) is 6.61 Å². The Balaban J connectivity index is 2.05. The van der Waals surface area contributed by atoms with Crippen molar-refractivity contribution in [2.45, 2.75) is 25.4 Å². The summed E-state index contributed by atoms with van der Waals surface area (Å²) in [6.45, 7) is 2.39. The fourth-order valence-electron chi connectivity index (χ4n) is 2.80. The third-order valence-electron chi connectivity index (χ3n) is 3.60. The van der Waals surface area contributed by atoms with Crippen LogP contribution in [0.4, 0.5) is 4.79 Å². The van der Waals surface area contributed by atoms with Crippen LogP contribution in [-0.2, 0) is 20.7 Å². The Bertz CT molecular complexity index is 528. The normalized spacial score (nSPS) is 24.5. The Labute approximate surface area is 111 Å². The molecule has 1 aromatic rings. The van der Waals surface area contributed by atoms with Crippen molar-refractivity contribution in [3.8, 4) is 0 Å². The maximum absolute atomic E-state index is 12.2. The number of amides is 1. The smallest absolute Gasteiger partial charge is 0.411 e. The number of benzene rings is 1. The molecule has 0 aromatic heterocycles. The quantitative estimate of drug-likeness (QED) is 0.760. The van der Waals surface area contributed by atoms with Crippen molar-refractivity contribution in [3.63, 3.8) is 0 Å². The summed E-state index contributed by atoms with van der Waals surface area (Å²) in [6, 6.07) is 6.92. The molecule has 0 radical (unpaired) electrons. The molecule has 0 bridgehead atoms. The molecule has 1 saturated heterocycles. The van der Waals surface area contributed by atoms with E-state index in [0.29, 0.717) is 13.2 Å². The van der Waals surface area contributed by atoms with Crippen LogP contribution in [0.1, 0.15) is 24.1 Å². The molecule has 0 spiro atoms. The minimum atomic E-state index is -0.676. The lowest BCUT2D eigenvalue weighted by Crippen LogP contribution is -2.46. The number of esters is 1. The summed E-state index contributed by atoms with van der Waals surface area (Å²) in [5.41, 5.74) is 1.93. The molecule has 19 heavy (non-hydrogen) atoms. The fourth-order valence-corrected chi connectivity index (χ4v) is 2.80. The molecule has 0 aliphatic carbocycles. The molecule has 0 unspecified atom stereocenters. The monoisotopic (exact) mass is 261 g/mol. The summed E-state index contributed by atoms with van der Waals surface area (Å²) < 4.78 is 10.2. The molecule has 1 aromatic carbocycles. The zero-order valence-electron chi connectivity index (χ0n) is 10.7. The van der Waals surface area contributed by atoms with Crippen LogP contribution in [0.25, 0.3) is 0 Å². The van der Waals surface area contributed by atoms with E-state index < -0.39 is 18.1 Å². The average molecular weight is 261 g/mol. The predicted molar refractivity (Wildman–Crippen MR) is 66.5 cm³/mol. The van der Waals surface area contributed by atoms with Gasteiger partial charge in [-0.15, -0.1) is 0 Å². The first kappa shape index (κ1) is 12.0. The highest BCUT2D eigenvalue weighted by molar-refractivity contribution is 5.85. The molecule has 2 atom stereocenters. The van der Waals surface area contributed by atoms with Gasteiger partial charge in [-0.05, 0) is 24.5 Å². The van der Waals surface area contributed by atoms with Gasteiger partial charge in [-0.2, -0.15) is 0 Å². The van der Waals surface area contributed by atoms with Crippen LogP contribution < -0.4 is 0 Å². The molecule has 100 valence electrons. The minimum absolute atomic E-state index is 0.0724. The third-order valence-corrected chi connectivity index (χ3v) is 3.60. The maximum atomic E-state index is 12.2. The molecule has 2 aliphatic heterocycles. The van der Waals surface area contributed by atoms with Crippen molar-refractivity contribution >= 4 is 12.1 Å². The van der Waals surface area contributed by atoms with Crippen molar-refractivity contribution < 1.29 is 19.1 Å². The van der Waals surface area contributed by atoms with Crippen LogP contribution in [-0.4, -0.2) is 36.2 Å². The Morgan fingerprint density at radius 1 is 1.47 bits per heavy atom. The molecular weight excluding hydrogens is 246 g/mol. The second-order valence-corrected chi connectivity index (χ2v) is 4.70. The second kappa shape index (κ2) is 4.57. The van der Waals surface area contributed by atoms with Gasteiger partial charge in [0, 0.05) is 0 Å². The van der Waals surface area contributed by atoms with E-state index in [2.05, 4.69) is 0 Å². The van der Waals surface area contributed by atoms with Crippen molar-refractivity contribution in [2.75, 3.05) is 13.2 Å². The highest BCUT2D eigenvalue weighted by Crippen LogP contribution is 2.37. The molecule has 2 heterocycles. The summed E-state index contributed by atoms with van der Waals surface area (Å²) in [4.78, 5) is 25.5. The third kappa shape index (κ3) is 1.85. The Morgan fingerprint density at radius 3 is 3.05 bits per heavy atom. The number of cyclic esters (lactones) is 1. The first-order chi connectivity index (χ1) is 9.22. The molecule has 2 aliphatic rings. The van der Waals surface area contributed by atoms with Gasteiger partial charge in [0.15, 0.2) is 6.04 Å². The Kier molecular flexibility index (Phi) is 2.89. The van der Waals surface area contributed by atoms with E-state index in [1.807, 2.05) is 24.3 Å². The van der Waals surface area contributed by atoms with Gasteiger partial charge >= 0.3 is 12.1 Å². The van der Waals surface area contributed by atoms with Gasteiger partial charge in [-0.25, -0.2) is 9.59 Å². The SMILES string of the molecule is CCOC(=O)[C@H]1c2ccccc2C[C@H]2COC(=O)N21. The van der Waals surface area contributed by atoms with Crippen LogP contribution in [0.5, 0.6) is 0 Å². The van der Waals surface area contributed by atoms with Crippen LogP contribution >= 0.6 is 0 Å². The average Bonchev–Trinajstić information content (AvgIpc) is 2.78. The summed E-state index contributed by atoms with van der Waals surface area (Å²) in [7, 11) is 0. The van der Waals surface area contributed by atoms with E-state index in [1.165, 1.54) is 4.90 Å². The summed E-state index contributed by atoms with van der Waals surface area (Å²) in [6.07, 6.45) is 0.287. The zero-order chi connectivity index (χ0) is 13.4. The first-order valence-corrected chi connectivity index (χ1v) is 6.42. The summed E-state index contributed by atoms with van der Waals surface area (Å²) >= 11 is 0. The van der Waals surface area contributed by atoms with Crippen LogP contribution in [0.2, 0.25) is 0 Å². The Hall–Kier alpha value is -2.04. The molecule has 0 saturated carbocycles. The summed E-state index contributed by atoms with van der Waals surface area (Å²) in [5.74, 6) is -0.390. The number of carbonyl (C=O) groups excluding carboxylic acids is 2. The fraction of sp³-hybridized carbons (Fsp3) is 0.429. The molecule has 0 N–H and O–H groups in total.